The second kappa shape index (κ2) is 7.60. The summed E-state index contributed by atoms with van der Waals surface area (Å²) in [6.07, 6.45) is 1.03. The van der Waals surface area contributed by atoms with E-state index in [2.05, 4.69) is 5.32 Å². The van der Waals surface area contributed by atoms with Crippen molar-refractivity contribution < 1.29 is 22.0 Å². The van der Waals surface area contributed by atoms with E-state index in [9.17, 15) is 22.0 Å². The Morgan fingerprint density at radius 3 is 2.24 bits per heavy atom. The van der Waals surface area contributed by atoms with Gasteiger partial charge in [-0.3, -0.25) is 9.10 Å². The fourth-order valence-corrected chi connectivity index (χ4v) is 3.64. The SMILES string of the molecule is CCC(C(=O)Nc1ccc(F)cc1)N(c1ccccc1F)S(C)(=O)=O. The highest BCUT2D eigenvalue weighted by atomic mass is 32.2. The minimum atomic E-state index is -3.92. The summed E-state index contributed by atoms with van der Waals surface area (Å²) in [5, 5.41) is 2.53. The molecule has 2 rings (SSSR count). The zero-order chi connectivity index (χ0) is 18.6. The molecule has 0 aromatic heterocycles. The van der Waals surface area contributed by atoms with Crippen LogP contribution >= 0.6 is 0 Å². The molecule has 2 aromatic carbocycles. The van der Waals surface area contributed by atoms with E-state index in [-0.39, 0.29) is 12.1 Å². The van der Waals surface area contributed by atoms with Crippen molar-refractivity contribution in [3.63, 3.8) is 0 Å². The fourth-order valence-electron chi connectivity index (χ4n) is 2.42. The van der Waals surface area contributed by atoms with Gasteiger partial charge in [-0.25, -0.2) is 17.2 Å². The van der Waals surface area contributed by atoms with Crippen LogP contribution in [0, 0.1) is 11.6 Å². The minimum absolute atomic E-state index is 0.119. The third-order valence-corrected chi connectivity index (χ3v) is 4.70. The van der Waals surface area contributed by atoms with Gasteiger partial charge in [-0.15, -0.1) is 0 Å². The van der Waals surface area contributed by atoms with E-state index in [1.807, 2.05) is 0 Å². The highest BCUT2D eigenvalue weighted by Gasteiger charge is 2.33. The summed E-state index contributed by atoms with van der Waals surface area (Å²) in [6, 6.07) is 9.23. The first-order valence-electron chi connectivity index (χ1n) is 7.54. The Labute approximate surface area is 145 Å². The van der Waals surface area contributed by atoms with Gasteiger partial charge in [0.1, 0.15) is 17.7 Å². The van der Waals surface area contributed by atoms with Crippen molar-refractivity contribution in [2.45, 2.75) is 19.4 Å². The largest absolute Gasteiger partial charge is 0.324 e. The Morgan fingerprint density at radius 2 is 1.72 bits per heavy atom. The van der Waals surface area contributed by atoms with Gasteiger partial charge in [0, 0.05) is 5.69 Å². The van der Waals surface area contributed by atoms with E-state index >= 15 is 0 Å². The standard InChI is InChI=1S/C17H18F2N2O3S/c1-3-15(17(22)20-13-10-8-12(18)9-11-13)21(25(2,23)24)16-7-5-4-6-14(16)19/h4-11,15H,3H2,1-2H3,(H,20,22). The fraction of sp³-hybridized carbons (Fsp3) is 0.235. The van der Waals surface area contributed by atoms with Crippen LogP contribution in [0.4, 0.5) is 20.2 Å². The molecular formula is C17H18F2N2O3S. The lowest BCUT2D eigenvalue weighted by Gasteiger charge is -2.30. The van der Waals surface area contributed by atoms with Crippen molar-refractivity contribution in [3.8, 4) is 0 Å². The van der Waals surface area contributed by atoms with E-state index in [0.717, 1.165) is 16.6 Å². The third-order valence-electron chi connectivity index (χ3n) is 3.53. The van der Waals surface area contributed by atoms with E-state index in [4.69, 9.17) is 0 Å². The number of carbonyl (C=O) groups is 1. The molecule has 0 fully saturated rings. The van der Waals surface area contributed by atoms with Crippen LogP contribution in [0.25, 0.3) is 0 Å². The van der Waals surface area contributed by atoms with Crippen LogP contribution in [0.5, 0.6) is 0 Å². The first-order chi connectivity index (χ1) is 11.7. The van der Waals surface area contributed by atoms with Gasteiger partial charge in [-0.05, 0) is 42.8 Å². The molecule has 25 heavy (non-hydrogen) atoms. The van der Waals surface area contributed by atoms with Crippen molar-refractivity contribution in [1.29, 1.82) is 0 Å². The number of hydrogen-bond acceptors (Lipinski definition) is 3. The number of amides is 1. The maximum absolute atomic E-state index is 14.1. The van der Waals surface area contributed by atoms with E-state index in [1.165, 1.54) is 42.5 Å². The molecule has 2 aromatic rings. The molecule has 0 aliphatic rings. The average molecular weight is 368 g/mol. The minimum Gasteiger partial charge on any atom is -0.324 e. The lowest BCUT2D eigenvalue weighted by Crippen LogP contribution is -2.47. The Bertz CT molecular complexity index is 854. The Morgan fingerprint density at radius 1 is 1.12 bits per heavy atom. The lowest BCUT2D eigenvalue weighted by atomic mass is 10.1. The smallest absolute Gasteiger partial charge is 0.248 e. The number of carbonyl (C=O) groups excluding carboxylic acids is 1. The van der Waals surface area contributed by atoms with Crippen molar-refractivity contribution in [2.75, 3.05) is 15.9 Å². The molecule has 0 radical (unpaired) electrons. The van der Waals surface area contributed by atoms with Crippen molar-refractivity contribution >= 4 is 27.3 Å². The summed E-state index contributed by atoms with van der Waals surface area (Å²) in [4.78, 5) is 12.6. The van der Waals surface area contributed by atoms with Gasteiger partial charge in [0.15, 0.2) is 0 Å². The first kappa shape index (κ1) is 18.9. The quantitative estimate of drug-likeness (QED) is 0.852. The summed E-state index contributed by atoms with van der Waals surface area (Å²) in [5.41, 5.74) is 0.109. The number of nitrogens with zero attached hydrogens (tertiary/aromatic N) is 1. The topological polar surface area (TPSA) is 66.5 Å². The number of anilines is 2. The molecule has 0 saturated heterocycles. The molecule has 1 unspecified atom stereocenters. The van der Waals surface area contributed by atoms with Crippen LogP contribution in [-0.2, 0) is 14.8 Å². The summed E-state index contributed by atoms with van der Waals surface area (Å²) in [7, 11) is -3.92. The number of halogens is 2. The van der Waals surface area contributed by atoms with Crippen LogP contribution < -0.4 is 9.62 Å². The van der Waals surface area contributed by atoms with Gasteiger partial charge in [0.2, 0.25) is 15.9 Å². The van der Waals surface area contributed by atoms with Gasteiger partial charge >= 0.3 is 0 Å². The van der Waals surface area contributed by atoms with Gasteiger partial charge in [-0.2, -0.15) is 0 Å². The average Bonchev–Trinajstić information content (AvgIpc) is 2.54. The number of para-hydroxylation sites is 1. The van der Waals surface area contributed by atoms with E-state index in [0.29, 0.717) is 5.69 Å². The van der Waals surface area contributed by atoms with Crippen molar-refractivity contribution in [3.05, 3.63) is 60.2 Å². The van der Waals surface area contributed by atoms with Crippen LogP contribution in [0.1, 0.15) is 13.3 Å². The van der Waals surface area contributed by atoms with Crippen LogP contribution in [0.2, 0.25) is 0 Å². The number of hydrogen-bond donors (Lipinski definition) is 1. The van der Waals surface area contributed by atoms with Crippen LogP contribution in [-0.4, -0.2) is 26.6 Å². The second-order valence-electron chi connectivity index (χ2n) is 5.43. The van der Waals surface area contributed by atoms with Gasteiger partial charge in [0.25, 0.3) is 0 Å². The van der Waals surface area contributed by atoms with Gasteiger partial charge in [0.05, 0.1) is 11.9 Å². The Hall–Kier alpha value is -2.48. The lowest BCUT2D eigenvalue weighted by molar-refractivity contribution is -0.117. The predicted octanol–water partition coefficient (Wildman–Crippen LogP) is 3.15. The molecular weight excluding hydrogens is 350 g/mol. The van der Waals surface area contributed by atoms with Gasteiger partial charge < -0.3 is 5.32 Å². The summed E-state index contributed by atoms with van der Waals surface area (Å²) in [5.74, 6) is -1.85. The highest BCUT2D eigenvalue weighted by molar-refractivity contribution is 7.92. The molecule has 1 N–H and O–H groups in total. The van der Waals surface area contributed by atoms with Crippen molar-refractivity contribution in [1.82, 2.24) is 0 Å². The summed E-state index contributed by atoms with van der Waals surface area (Å²) < 4.78 is 52.3. The molecule has 0 aliphatic heterocycles. The Balaban J connectivity index is 2.38. The molecule has 1 amide bonds. The maximum atomic E-state index is 14.1. The maximum Gasteiger partial charge on any atom is 0.248 e. The molecule has 134 valence electrons. The molecule has 1 atom stereocenters. The number of sulfonamides is 1. The Kier molecular flexibility index (Phi) is 5.73. The molecule has 0 saturated carbocycles. The monoisotopic (exact) mass is 368 g/mol. The summed E-state index contributed by atoms with van der Waals surface area (Å²) >= 11 is 0. The van der Waals surface area contributed by atoms with E-state index < -0.39 is 33.6 Å². The number of nitrogens with one attached hydrogen (secondary N) is 1. The van der Waals surface area contributed by atoms with Crippen LogP contribution in [0.3, 0.4) is 0 Å². The second-order valence-corrected chi connectivity index (χ2v) is 7.29. The number of rotatable bonds is 6. The molecule has 0 aliphatic carbocycles. The van der Waals surface area contributed by atoms with Crippen molar-refractivity contribution in [2.24, 2.45) is 0 Å². The molecule has 0 heterocycles. The first-order valence-corrected chi connectivity index (χ1v) is 9.39. The molecule has 5 nitrogen and oxygen atoms in total. The number of benzene rings is 2. The molecule has 8 heteroatoms. The summed E-state index contributed by atoms with van der Waals surface area (Å²) in [6.45, 7) is 1.62. The molecule has 0 bridgehead atoms. The normalized spacial score (nSPS) is 12.5. The van der Waals surface area contributed by atoms with E-state index in [1.54, 1.807) is 6.92 Å². The highest BCUT2D eigenvalue weighted by Crippen LogP contribution is 2.26. The molecule has 0 spiro atoms. The van der Waals surface area contributed by atoms with Gasteiger partial charge in [-0.1, -0.05) is 19.1 Å². The zero-order valence-electron chi connectivity index (χ0n) is 13.7. The predicted molar refractivity (Wildman–Crippen MR) is 92.8 cm³/mol. The third kappa shape index (κ3) is 4.54. The zero-order valence-corrected chi connectivity index (χ0v) is 14.6. The van der Waals surface area contributed by atoms with Crippen LogP contribution in [0.15, 0.2) is 48.5 Å².